The summed E-state index contributed by atoms with van der Waals surface area (Å²) in [4.78, 5) is 15.9. The Labute approximate surface area is 161 Å². The Morgan fingerprint density at radius 3 is 2.21 bits per heavy atom. The van der Waals surface area contributed by atoms with Crippen LogP contribution in [-0.2, 0) is 0 Å². The van der Waals surface area contributed by atoms with E-state index >= 15 is 0 Å². The highest BCUT2D eigenvalue weighted by Crippen LogP contribution is 2.29. The van der Waals surface area contributed by atoms with E-state index in [9.17, 15) is 14.3 Å². The molecule has 0 aliphatic carbocycles. The Morgan fingerprint density at radius 2 is 1.54 bits per heavy atom. The van der Waals surface area contributed by atoms with Crippen LogP contribution in [0, 0.1) is 5.82 Å². The minimum absolute atomic E-state index is 0.307. The van der Waals surface area contributed by atoms with Crippen molar-refractivity contribution in [3.05, 3.63) is 108 Å². The average molecular weight is 374 g/mol. The van der Waals surface area contributed by atoms with Crippen molar-refractivity contribution in [3.8, 4) is 0 Å². The molecule has 2 atom stereocenters. The highest BCUT2D eigenvalue weighted by Gasteiger charge is 2.25. The molecule has 0 saturated heterocycles. The zero-order chi connectivity index (χ0) is 19.5. The summed E-state index contributed by atoms with van der Waals surface area (Å²) in [7, 11) is 0. The third kappa shape index (κ3) is 3.66. The van der Waals surface area contributed by atoms with Crippen molar-refractivity contribution in [2.24, 2.45) is 0 Å². The highest BCUT2D eigenvalue weighted by atomic mass is 19.1. The van der Waals surface area contributed by atoms with Gasteiger partial charge < -0.3 is 15.4 Å². The van der Waals surface area contributed by atoms with Gasteiger partial charge in [-0.2, -0.15) is 0 Å². The van der Waals surface area contributed by atoms with E-state index in [0.29, 0.717) is 22.2 Å². The first-order valence-corrected chi connectivity index (χ1v) is 8.99. The van der Waals surface area contributed by atoms with E-state index in [4.69, 9.17) is 0 Å². The van der Waals surface area contributed by atoms with Gasteiger partial charge in [0.1, 0.15) is 17.6 Å². The third-order valence-electron chi connectivity index (χ3n) is 4.73. The first kappa shape index (κ1) is 17.9. The van der Waals surface area contributed by atoms with E-state index in [1.807, 2.05) is 60.7 Å². The van der Waals surface area contributed by atoms with Crippen molar-refractivity contribution in [1.82, 2.24) is 10.3 Å². The zero-order valence-corrected chi connectivity index (χ0v) is 15.0. The lowest BCUT2D eigenvalue weighted by molar-refractivity contribution is 0.0827. The van der Waals surface area contributed by atoms with Crippen molar-refractivity contribution in [2.45, 2.75) is 12.1 Å². The van der Waals surface area contributed by atoms with E-state index in [2.05, 4.69) is 10.3 Å². The van der Waals surface area contributed by atoms with E-state index < -0.39 is 12.1 Å². The van der Waals surface area contributed by atoms with Gasteiger partial charge in [-0.1, -0.05) is 60.7 Å². The molecule has 140 valence electrons. The van der Waals surface area contributed by atoms with Gasteiger partial charge in [0.25, 0.3) is 5.91 Å². The molecule has 5 heteroatoms. The number of fused-ring (bicyclic) bond motifs is 1. The SMILES string of the molecule is O=C(N[C@H](c1ccccc1)[C@H](O)c1ccccc1)c1cc2cc(F)ccc2[nH]1. The fraction of sp³-hybridized carbons (Fsp3) is 0.0870. The van der Waals surface area contributed by atoms with Gasteiger partial charge in [-0.05, 0) is 35.4 Å². The number of amides is 1. The average Bonchev–Trinajstić information content (AvgIpc) is 3.16. The molecule has 4 rings (SSSR count). The van der Waals surface area contributed by atoms with Crippen LogP contribution in [0.15, 0.2) is 84.9 Å². The van der Waals surface area contributed by atoms with Crippen molar-refractivity contribution in [3.63, 3.8) is 0 Å². The monoisotopic (exact) mass is 374 g/mol. The van der Waals surface area contributed by atoms with Gasteiger partial charge in [-0.15, -0.1) is 0 Å². The smallest absolute Gasteiger partial charge is 0.268 e. The van der Waals surface area contributed by atoms with Crippen LogP contribution >= 0.6 is 0 Å². The number of rotatable bonds is 5. The number of halogens is 1. The summed E-state index contributed by atoms with van der Waals surface area (Å²) >= 11 is 0. The Hall–Kier alpha value is -3.44. The predicted octanol–water partition coefficient (Wildman–Crippen LogP) is 4.51. The zero-order valence-electron chi connectivity index (χ0n) is 15.0. The number of aromatic nitrogens is 1. The predicted molar refractivity (Wildman–Crippen MR) is 106 cm³/mol. The molecule has 4 nitrogen and oxygen atoms in total. The van der Waals surface area contributed by atoms with Crippen LogP contribution in [0.1, 0.15) is 33.8 Å². The van der Waals surface area contributed by atoms with Gasteiger partial charge in [0.15, 0.2) is 0 Å². The van der Waals surface area contributed by atoms with Crippen molar-refractivity contribution >= 4 is 16.8 Å². The topological polar surface area (TPSA) is 65.1 Å². The van der Waals surface area contributed by atoms with Crippen molar-refractivity contribution < 1.29 is 14.3 Å². The van der Waals surface area contributed by atoms with Crippen LogP contribution in [0.4, 0.5) is 4.39 Å². The van der Waals surface area contributed by atoms with Gasteiger partial charge in [0.2, 0.25) is 0 Å². The summed E-state index contributed by atoms with van der Waals surface area (Å²) in [6, 6.07) is 23.8. The Balaban J connectivity index is 1.65. The van der Waals surface area contributed by atoms with Gasteiger partial charge in [0.05, 0.1) is 6.04 Å². The Kier molecular flexibility index (Phi) is 4.91. The summed E-state index contributed by atoms with van der Waals surface area (Å²) in [5.41, 5.74) is 2.47. The number of aliphatic hydroxyl groups is 1. The molecule has 28 heavy (non-hydrogen) atoms. The van der Waals surface area contributed by atoms with Gasteiger partial charge >= 0.3 is 0 Å². The van der Waals surface area contributed by atoms with Crippen LogP contribution < -0.4 is 5.32 Å². The molecule has 0 radical (unpaired) electrons. The minimum atomic E-state index is -0.922. The molecule has 3 N–H and O–H groups in total. The highest BCUT2D eigenvalue weighted by molar-refractivity contribution is 5.98. The van der Waals surface area contributed by atoms with Crippen LogP contribution in [-0.4, -0.2) is 16.0 Å². The summed E-state index contributed by atoms with van der Waals surface area (Å²) < 4.78 is 13.4. The molecular weight excluding hydrogens is 355 g/mol. The van der Waals surface area contributed by atoms with Gasteiger partial charge in [0, 0.05) is 10.9 Å². The number of benzene rings is 3. The number of nitrogens with one attached hydrogen (secondary N) is 2. The second kappa shape index (κ2) is 7.66. The number of hydrogen-bond acceptors (Lipinski definition) is 2. The number of carbonyl (C=O) groups is 1. The molecule has 0 aliphatic heterocycles. The standard InChI is InChI=1S/C23H19FN2O2/c24-18-11-12-19-17(13-18)14-20(25-19)23(28)26-21(15-7-3-1-4-8-15)22(27)16-9-5-2-6-10-16/h1-14,21-22,25,27H,(H,26,28)/t21-,22-/m1/s1. The second-order valence-corrected chi connectivity index (χ2v) is 6.63. The number of hydrogen-bond donors (Lipinski definition) is 3. The molecular formula is C23H19FN2O2. The van der Waals surface area contributed by atoms with E-state index in [-0.39, 0.29) is 11.7 Å². The van der Waals surface area contributed by atoms with Gasteiger partial charge in [-0.3, -0.25) is 4.79 Å². The Bertz CT molecular complexity index is 1090. The molecule has 0 bridgehead atoms. The summed E-state index contributed by atoms with van der Waals surface area (Å²) in [6.45, 7) is 0. The summed E-state index contributed by atoms with van der Waals surface area (Å²) in [5, 5.41) is 14.5. The van der Waals surface area contributed by atoms with Crippen LogP contribution in [0.5, 0.6) is 0 Å². The van der Waals surface area contributed by atoms with E-state index in [0.717, 1.165) is 5.56 Å². The lowest BCUT2D eigenvalue weighted by Crippen LogP contribution is -2.32. The molecule has 3 aromatic carbocycles. The van der Waals surface area contributed by atoms with Crippen molar-refractivity contribution in [2.75, 3.05) is 0 Å². The molecule has 0 spiro atoms. The van der Waals surface area contributed by atoms with E-state index in [1.54, 1.807) is 12.1 Å². The first-order valence-electron chi connectivity index (χ1n) is 8.99. The van der Waals surface area contributed by atoms with Crippen LogP contribution in [0.2, 0.25) is 0 Å². The maximum Gasteiger partial charge on any atom is 0.268 e. The minimum Gasteiger partial charge on any atom is -0.386 e. The molecule has 0 fully saturated rings. The molecule has 1 amide bonds. The van der Waals surface area contributed by atoms with Crippen LogP contribution in [0.3, 0.4) is 0 Å². The first-order chi connectivity index (χ1) is 13.6. The van der Waals surface area contributed by atoms with Crippen LogP contribution in [0.25, 0.3) is 10.9 Å². The lowest BCUT2D eigenvalue weighted by atomic mass is 9.95. The number of carbonyl (C=O) groups excluding carboxylic acids is 1. The number of aromatic amines is 1. The Morgan fingerprint density at radius 1 is 0.893 bits per heavy atom. The lowest BCUT2D eigenvalue weighted by Gasteiger charge is -2.25. The number of H-pyrrole nitrogens is 1. The fourth-order valence-electron chi connectivity index (χ4n) is 3.29. The maximum atomic E-state index is 13.4. The fourth-order valence-corrected chi connectivity index (χ4v) is 3.29. The molecule has 0 unspecified atom stereocenters. The molecule has 4 aromatic rings. The number of aliphatic hydroxyl groups excluding tert-OH is 1. The molecule has 1 aromatic heterocycles. The van der Waals surface area contributed by atoms with Crippen molar-refractivity contribution in [1.29, 1.82) is 0 Å². The second-order valence-electron chi connectivity index (χ2n) is 6.63. The normalized spacial score (nSPS) is 13.2. The summed E-state index contributed by atoms with van der Waals surface area (Å²) in [6.07, 6.45) is -0.922. The maximum absolute atomic E-state index is 13.4. The quantitative estimate of drug-likeness (QED) is 0.481. The molecule has 0 saturated carbocycles. The molecule has 1 heterocycles. The van der Waals surface area contributed by atoms with Gasteiger partial charge in [-0.25, -0.2) is 4.39 Å². The largest absolute Gasteiger partial charge is 0.386 e. The molecule has 0 aliphatic rings. The summed E-state index contributed by atoms with van der Waals surface area (Å²) in [5.74, 6) is -0.736. The third-order valence-corrected chi connectivity index (χ3v) is 4.73. The van der Waals surface area contributed by atoms with E-state index in [1.165, 1.54) is 12.1 Å².